The van der Waals surface area contributed by atoms with Crippen LogP contribution in [0.5, 0.6) is 0 Å². The molecule has 0 bridgehead atoms. The van der Waals surface area contributed by atoms with Crippen molar-refractivity contribution in [3.05, 3.63) is 112 Å². The van der Waals surface area contributed by atoms with Crippen molar-refractivity contribution in [2.24, 2.45) is 0 Å². The average Bonchev–Trinajstić information content (AvgIpc) is 2.88. The first kappa shape index (κ1) is 23.9. The summed E-state index contributed by atoms with van der Waals surface area (Å²) in [4.78, 5) is 18.5. The zero-order valence-electron chi connectivity index (χ0n) is 19.6. The Morgan fingerprint density at radius 3 is 1.92 bits per heavy atom. The molecule has 0 aliphatic rings. The predicted molar refractivity (Wildman–Crippen MR) is 142 cm³/mol. The van der Waals surface area contributed by atoms with E-state index in [9.17, 15) is 13.6 Å². The van der Waals surface area contributed by atoms with Crippen LogP contribution in [0, 0.1) is 11.6 Å². The van der Waals surface area contributed by atoms with E-state index in [4.69, 9.17) is 16.6 Å². The van der Waals surface area contributed by atoms with Gasteiger partial charge < -0.3 is 4.57 Å². The van der Waals surface area contributed by atoms with Gasteiger partial charge in [-0.05, 0) is 96.2 Å². The molecule has 2 heterocycles. The van der Waals surface area contributed by atoms with E-state index >= 15 is 0 Å². The van der Waals surface area contributed by atoms with Crippen LogP contribution in [-0.4, -0.2) is 9.55 Å². The summed E-state index contributed by atoms with van der Waals surface area (Å²) in [6.07, 6.45) is 1.79. The van der Waals surface area contributed by atoms with Gasteiger partial charge in [-0.25, -0.2) is 13.8 Å². The molecule has 0 N–H and O–H groups in total. The van der Waals surface area contributed by atoms with Crippen molar-refractivity contribution in [1.29, 1.82) is 0 Å². The quantitative estimate of drug-likeness (QED) is 0.236. The van der Waals surface area contributed by atoms with Gasteiger partial charge in [0, 0.05) is 28.3 Å². The second-order valence-corrected chi connectivity index (χ2v) is 9.15. The van der Waals surface area contributed by atoms with Gasteiger partial charge in [0.05, 0.1) is 16.9 Å². The highest BCUT2D eigenvalue weighted by molar-refractivity contribution is 6.31. The maximum Gasteiger partial charge on any atom is 0.258 e. The van der Waals surface area contributed by atoms with Crippen LogP contribution in [0.2, 0.25) is 5.02 Å². The van der Waals surface area contributed by atoms with Gasteiger partial charge in [-0.15, -0.1) is 0 Å². The number of halogens is 3. The van der Waals surface area contributed by atoms with Crippen molar-refractivity contribution in [3.8, 4) is 33.6 Å². The lowest BCUT2D eigenvalue weighted by Gasteiger charge is -2.15. The average molecular weight is 501 g/mol. The summed E-state index contributed by atoms with van der Waals surface area (Å²) in [5.41, 5.74) is 4.45. The van der Waals surface area contributed by atoms with E-state index in [0.717, 1.165) is 23.7 Å². The van der Waals surface area contributed by atoms with Crippen molar-refractivity contribution >= 4 is 22.5 Å². The fourth-order valence-electron chi connectivity index (χ4n) is 4.31. The van der Waals surface area contributed by atoms with Gasteiger partial charge in [0.15, 0.2) is 0 Å². The van der Waals surface area contributed by atoms with Gasteiger partial charge in [-0.3, -0.25) is 4.79 Å². The van der Waals surface area contributed by atoms with Gasteiger partial charge in [-0.1, -0.05) is 31.0 Å². The van der Waals surface area contributed by atoms with Crippen molar-refractivity contribution in [3.63, 3.8) is 0 Å². The maximum absolute atomic E-state index is 13.8. The van der Waals surface area contributed by atoms with E-state index in [1.807, 2.05) is 36.4 Å². The molecule has 0 unspecified atom stereocenters. The fourth-order valence-corrected chi connectivity index (χ4v) is 4.48. The monoisotopic (exact) mass is 500 g/mol. The first-order valence-corrected chi connectivity index (χ1v) is 12.2. The van der Waals surface area contributed by atoms with Gasteiger partial charge in [0.2, 0.25) is 0 Å². The topological polar surface area (TPSA) is 34.9 Å². The first-order valence-electron chi connectivity index (χ1n) is 11.8. The van der Waals surface area contributed by atoms with Gasteiger partial charge in [0.1, 0.15) is 11.6 Å². The van der Waals surface area contributed by atoms with Gasteiger partial charge in [0.25, 0.3) is 5.56 Å². The molecule has 5 rings (SSSR count). The molecule has 0 aliphatic heterocycles. The lowest BCUT2D eigenvalue weighted by Crippen LogP contribution is -2.22. The Balaban J connectivity index is 1.77. The smallest absolute Gasteiger partial charge is 0.258 e. The van der Waals surface area contributed by atoms with Crippen LogP contribution in [0.1, 0.15) is 19.8 Å². The van der Waals surface area contributed by atoms with Crippen molar-refractivity contribution in [2.45, 2.75) is 26.3 Å². The predicted octanol–water partition coefficient (Wildman–Crippen LogP) is 8.13. The summed E-state index contributed by atoms with van der Waals surface area (Å²) in [5, 5.41) is 1.47. The van der Waals surface area contributed by atoms with E-state index < -0.39 is 0 Å². The third-order valence-corrected chi connectivity index (χ3v) is 6.45. The van der Waals surface area contributed by atoms with Crippen LogP contribution < -0.4 is 5.56 Å². The van der Waals surface area contributed by atoms with Crippen molar-refractivity contribution < 1.29 is 8.78 Å². The van der Waals surface area contributed by atoms with Crippen LogP contribution in [0.3, 0.4) is 0 Å². The van der Waals surface area contributed by atoms with Crippen LogP contribution >= 0.6 is 11.6 Å². The highest BCUT2D eigenvalue weighted by atomic mass is 35.5. The molecule has 0 saturated carbocycles. The molecule has 0 saturated heterocycles. The second-order valence-electron chi connectivity index (χ2n) is 8.71. The van der Waals surface area contributed by atoms with Crippen LogP contribution in [0.4, 0.5) is 8.78 Å². The van der Waals surface area contributed by atoms with Gasteiger partial charge >= 0.3 is 0 Å². The third-order valence-electron chi connectivity index (χ3n) is 6.21. The molecule has 3 nitrogen and oxygen atoms in total. The summed E-state index contributed by atoms with van der Waals surface area (Å²) in [6, 6.07) is 23.2. The molecular formula is C30H23ClF2N2O. The molecule has 0 radical (unpaired) electrons. The van der Waals surface area contributed by atoms with Crippen LogP contribution in [0.25, 0.3) is 44.5 Å². The SMILES string of the molecule is CCCCn1c(=O)c(-c2cc(-c3ccc(F)cc3)nc(-c3ccc(F)cc3)c2)cc2ccc(Cl)cc21. The molecular weight excluding hydrogens is 478 g/mol. The lowest BCUT2D eigenvalue weighted by molar-refractivity contribution is 0.627. The van der Waals surface area contributed by atoms with Crippen molar-refractivity contribution in [2.75, 3.05) is 0 Å². The van der Waals surface area contributed by atoms with Crippen molar-refractivity contribution in [1.82, 2.24) is 9.55 Å². The normalized spacial score (nSPS) is 11.2. The Bertz CT molecular complexity index is 1550. The van der Waals surface area contributed by atoms with Crippen LogP contribution in [-0.2, 0) is 6.54 Å². The van der Waals surface area contributed by atoms with E-state index in [-0.39, 0.29) is 17.2 Å². The molecule has 5 aromatic rings. The number of hydrogen-bond acceptors (Lipinski definition) is 2. The molecule has 36 heavy (non-hydrogen) atoms. The molecule has 180 valence electrons. The number of rotatable bonds is 6. The summed E-state index contributed by atoms with van der Waals surface area (Å²) in [6.45, 7) is 2.65. The van der Waals surface area contributed by atoms with E-state index in [0.29, 0.717) is 45.2 Å². The number of pyridine rings is 2. The highest BCUT2D eigenvalue weighted by Crippen LogP contribution is 2.31. The van der Waals surface area contributed by atoms with Gasteiger partial charge in [-0.2, -0.15) is 0 Å². The summed E-state index contributed by atoms with van der Waals surface area (Å²) in [5.74, 6) is -0.693. The zero-order valence-corrected chi connectivity index (χ0v) is 20.4. The minimum absolute atomic E-state index is 0.125. The second kappa shape index (κ2) is 10.0. The number of fused-ring (bicyclic) bond motifs is 1. The molecule has 2 aromatic heterocycles. The molecule has 6 heteroatoms. The standard InChI is InChI=1S/C30H23ClF2N2O/c1-2-3-14-35-29-18-23(31)9-4-21(29)15-26(30(35)36)22-16-27(19-5-10-24(32)11-6-19)34-28(17-22)20-7-12-25(33)13-8-20/h4-13,15-18H,2-3,14H2,1H3. The first-order chi connectivity index (χ1) is 17.4. The molecule has 0 atom stereocenters. The number of benzene rings is 3. The van der Waals surface area contributed by atoms with E-state index in [1.165, 1.54) is 24.3 Å². The minimum atomic E-state index is -0.347. The number of nitrogens with zero attached hydrogens (tertiary/aromatic N) is 2. The zero-order chi connectivity index (χ0) is 25.2. The fraction of sp³-hybridized carbons (Fsp3) is 0.133. The summed E-state index contributed by atoms with van der Waals surface area (Å²) < 4.78 is 29.0. The Labute approximate surface area is 212 Å². The molecule has 0 amide bonds. The number of unbranched alkanes of at least 4 members (excludes halogenated alkanes) is 1. The number of aromatic nitrogens is 2. The molecule has 0 aliphatic carbocycles. The number of aryl methyl sites for hydroxylation is 1. The maximum atomic E-state index is 13.8. The van der Waals surface area contributed by atoms with E-state index in [1.54, 1.807) is 28.8 Å². The largest absolute Gasteiger partial charge is 0.308 e. The molecule has 0 spiro atoms. The lowest BCUT2D eigenvalue weighted by atomic mass is 9.99. The minimum Gasteiger partial charge on any atom is -0.308 e. The highest BCUT2D eigenvalue weighted by Gasteiger charge is 2.15. The van der Waals surface area contributed by atoms with Crippen LogP contribution in [0.15, 0.2) is 89.7 Å². The third kappa shape index (κ3) is 4.79. The Morgan fingerprint density at radius 2 is 1.36 bits per heavy atom. The molecule has 3 aromatic carbocycles. The Morgan fingerprint density at radius 1 is 0.778 bits per heavy atom. The molecule has 0 fully saturated rings. The van der Waals surface area contributed by atoms with E-state index in [2.05, 4.69) is 6.92 Å². The Kier molecular flexibility index (Phi) is 6.66. The Hall–Kier alpha value is -3.83. The summed E-state index contributed by atoms with van der Waals surface area (Å²) in [7, 11) is 0. The number of hydrogen-bond donors (Lipinski definition) is 0. The summed E-state index contributed by atoms with van der Waals surface area (Å²) >= 11 is 6.26.